The number of hydrogen-bond acceptors (Lipinski definition) is 1. The van der Waals surface area contributed by atoms with Gasteiger partial charge in [0.15, 0.2) is 0 Å². The van der Waals surface area contributed by atoms with E-state index in [9.17, 15) is 4.79 Å². The molecular weight excluding hydrogens is 334 g/mol. The Balaban J connectivity index is 3.08. The van der Waals surface area contributed by atoms with Crippen LogP contribution >= 0.6 is 31.9 Å². The topological polar surface area (TPSA) is 20.3 Å². The molecule has 0 aliphatic rings. The number of hydrogen-bond donors (Lipinski definition) is 0. The molecule has 0 aliphatic carbocycles. The van der Waals surface area contributed by atoms with Crippen LogP contribution in [0.3, 0.4) is 0 Å². The van der Waals surface area contributed by atoms with Crippen molar-refractivity contribution >= 4 is 37.8 Å². The normalized spacial score (nSPS) is 10.6. The monoisotopic (exact) mass is 347 g/mol. The minimum Gasteiger partial charge on any atom is -0.336 e. The van der Waals surface area contributed by atoms with Gasteiger partial charge in [0.05, 0.1) is 5.56 Å². The summed E-state index contributed by atoms with van der Waals surface area (Å²) in [6, 6.07) is 5.85. The summed E-state index contributed by atoms with van der Waals surface area (Å²) in [6.45, 7) is 6.75. The number of rotatable bonds is 3. The number of carbonyl (C=O) groups is 1. The predicted octanol–water partition coefficient (Wildman–Crippen LogP) is 4.08. The molecule has 0 N–H and O–H groups in total. The van der Waals surface area contributed by atoms with Crippen molar-refractivity contribution in [1.82, 2.24) is 4.90 Å². The molecule has 0 bridgehead atoms. The quantitative estimate of drug-likeness (QED) is 0.805. The lowest BCUT2D eigenvalue weighted by molar-refractivity contribution is 0.0716. The summed E-state index contributed by atoms with van der Waals surface area (Å²) in [5, 5.41) is 0. The third kappa shape index (κ3) is 3.08. The van der Waals surface area contributed by atoms with Gasteiger partial charge in [-0.1, -0.05) is 15.9 Å². The molecule has 1 rings (SSSR count). The second kappa shape index (κ2) is 5.82. The minimum absolute atomic E-state index is 0.0608. The lowest BCUT2D eigenvalue weighted by Crippen LogP contribution is -2.36. The van der Waals surface area contributed by atoms with E-state index in [-0.39, 0.29) is 11.9 Å². The Kier molecular flexibility index (Phi) is 4.99. The van der Waals surface area contributed by atoms with Crippen LogP contribution in [0.15, 0.2) is 27.1 Å². The first kappa shape index (κ1) is 13.7. The van der Waals surface area contributed by atoms with Crippen LogP contribution in [0.25, 0.3) is 0 Å². The smallest absolute Gasteiger partial charge is 0.255 e. The Morgan fingerprint density at radius 1 is 1.38 bits per heavy atom. The number of halogens is 2. The summed E-state index contributed by atoms with van der Waals surface area (Å²) in [5.74, 6) is 0.0608. The molecule has 88 valence electrons. The molecule has 0 radical (unpaired) electrons. The first-order valence-electron chi connectivity index (χ1n) is 5.23. The SMILES string of the molecule is CCN(C(=O)c1cc(Br)ccc1Br)C(C)C. The van der Waals surface area contributed by atoms with Gasteiger partial charge in [0, 0.05) is 21.5 Å². The average molecular weight is 349 g/mol. The standard InChI is InChI=1S/C12H15Br2NO/c1-4-15(8(2)3)12(16)10-7-9(13)5-6-11(10)14/h5-8H,4H2,1-3H3. The maximum absolute atomic E-state index is 12.3. The second-order valence-corrected chi connectivity index (χ2v) is 5.58. The molecule has 0 unspecified atom stereocenters. The van der Waals surface area contributed by atoms with E-state index in [4.69, 9.17) is 0 Å². The van der Waals surface area contributed by atoms with Crippen LogP contribution in [-0.2, 0) is 0 Å². The molecule has 4 heteroatoms. The zero-order valence-corrected chi connectivity index (χ0v) is 12.8. The molecule has 2 nitrogen and oxygen atoms in total. The summed E-state index contributed by atoms with van der Waals surface area (Å²) >= 11 is 6.79. The summed E-state index contributed by atoms with van der Waals surface area (Å²) in [4.78, 5) is 14.1. The van der Waals surface area contributed by atoms with Crippen LogP contribution in [0.1, 0.15) is 31.1 Å². The van der Waals surface area contributed by atoms with Crippen molar-refractivity contribution in [3.8, 4) is 0 Å². The van der Waals surface area contributed by atoms with Crippen LogP contribution in [0.5, 0.6) is 0 Å². The summed E-state index contributed by atoms with van der Waals surface area (Å²) in [5.41, 5.74) is 0.699. The highest BCUT2D eigenvalue weighted by Gasteiger charge is 2.19. The van der Waals surface area contributed by atoms with Crippen molar-refractivity contribution < 1.29 is 4.79 Å². The van der Waals surface area contributed by atoms with Gasteiger partial charge in [-0.05, 0) is 54.9 Å². The molecule has 0 fully saturated rings. The maximum Gasteiger partial charge on any atom is 0.255 e. The maximum atomic E-state index is 12.3. The Labute approximate surface area is 113 Å². The summed E-state index contributed by atoms with van der Waals surface area (Å²) in [6.07, 6.45) is 0. The van der Waals surface area contributed by atoms with Crippen molar-refractivity contribution in [3.63, 3.8) is 0 Å². The van der Waals surface area contributed by atoms with E-state index in [0.717, 1.165) is 15.5 Å². The Morgan fingerprint density at radius 2 is 2.00 bits per heavy atom. The highest BCUT2D eigenvalue weighted by atomic mass is 79.9. The summed E-state index contributed by atoms with van der Waals surface area (Å²) < 4.78 is 1.75. The van der Waals surface area contributed by atoms with E-state index in [1.165, 1.54) is 0 Å². The van der Waals surface area contributed by atoms with Gasteiger partial charge in [0.1, 0.15) is 0 Å². The van der Waals surface area contributed by atoms with Gasteiger partial charge in [-0.2, -0.15) is 0 Å². The van der Waals surface area contributed by atoms with Crippen molar-refractivity contribution in [2.75, 3.05) is 6.54 Å². The molecule has 16 heavy (non-hydrogen) atoms. The Bertz CT molecular complexity index is 391. The molecule has 0 saturated carbocycles. The number of benzene rings is 1. The van der Waals surface area contributed by atoms with Crippen molar-refractivity contribution in [2.24, 2.45) is 0 Å². The molecule has 0 heterocycles. The predicted molar refractivity (Wildman–Crippen MR) is 73.7 cm³/mol. The first-order chi connectivity index (χ1) is 7.47. The van der Waals surface area contributed by atoms with Crippen LogP contribution in [-0.4, -0.2) is 23.4 Å². The molecule has 0 atom stereocenters. The number of nitrogens with zero attached hydrogens (tertiary/aromatic N) is 1. The minimum atomic E-state index is 0.0608. The average Bonchev–Trinajstić information content (AvgIpc) is 2.22. The van der Waals surface area contributed by atoms with Gasteiger partial charge in [-0.15, -0.1) is 0 Å². The van der Waals surface area contributed by atoms with E-state index < -0.39 is 0 Å². The Hall–Kier alpha value is -0.350. The highest BCUT2D eigenvalue weighted by Crippen LogP contribution is 2.23. The third-order valence-corrected chi connectivity index (χ3v) is 3.57. The van der Waals surface area contributed by atoms with E-state index in [2.05, 4.69) is 31.9 Å². The van der Waals surface area contributed by atoms with Gasteiger partial charge >= 0.3 is 0 Å². The van der Waals surface area contributed by atoms with E-state index in [1.54, 1.807) is 0 Å². The number of amides is 1. The van der Waals surface area contributed by atoms with Gasteiger partial charge in [-0.3, -0.25) is 4.79 Å². The second-order valence-electron chi connectivity index (χ2n) is 3.81. The molecule has 0 aromatic heterocycles. The lowest BCUT2D eigenvalue weighted by Gasteiger charge is -2.25. The van der Waals surface area contributed by atoms with Crippen LogP contribution < -0.4 is 0 Å². The van der Waals surface area contributed by atoms with Gasteiger partial charge in [0.25, 0.3) is 5.91 Å². The fourth-order valence-corrected chi connectivity index (χ4v) is 2.34. The van der Waals surface area contributed by atoms with Crippen LogP contribution in [0, 0.1) is 0 Å². The molecule has 1 aromatic carbocycles. The van der Waals surface area contributed by atoms with Crippen molar-refractivity contribution in [2.45, 2.75) is 26.8 Å². The van der Waals surface area contributed by atoms with Crippen LogP contribution in [0.2, 0.25) is 0 Å². The molecule has 1 aromatic rings. The zero-order chi connectivity index (χ0) is 12.3. The Morgan fingerprint density at radius 3 is 2.50 bits per heavy atom. The largest absolute Gasteiger partial charge is 0.336 e. The molecule has 1 amide bonds. The zero-order valence-electron chi connectivity index (χ0n) is 9.63. The molecule has 0 aliphatic heterocycles. The number of carbonyl (C=O) groups excluding carboxylic acids is 1. The van der Waals surface area contributed by atoms with Crippen LogP contribution in [0.4, 0.5) is 0 Å². The molecular formula is C12H15Br2NO. The fourth-order valence-electron chi connectivity index (χ4n) is 1.56. The molecule has 0 saturated heterocycles. The van der Waals surface area contributed by atoms with E-state index in [0.29, 0.717) is 5.56 Å². The third-order valence-electron chi connectivity index (χ3n) is 2.38. The van der Waals surface area contributed by atoms with Gasteiger partial charge in [-0.25, -0.2) is 0 Å². The van der Waals surface area contributed by atoms with Gasteiger partial charge < -0.3 is 4.90 Å². The molecule has 0 spiro atoms. The first-order valence-corrected chi connectivity index (χ1v) is 6.82. The van der Waals surface area contributed by atoms with Gasteiger partial charge in [0.2, 0.25) is 0 Å². The van der Waals surface area contributed by atoms with Crippen molar-refractivity contribution in [1.29, 1.82) is 0 Å². The van der Waals surface area contributed by atoms with Crippen molar-refractivity contribution in [3.05, 3.63) is 32.7 Å². The van der Waals surface area contributed by atoms with E-state index >= 15 is 0 Å². The van der Waals surface area contributed by atoms with E-state index in [1.807, 2.05) is 43.9 Å². The highest BCUT2D eigenvalue weighted by molar-refractivity contribution is 9.11. The lowest BCUT2D eigenvalue weighted by atomic mass is 10.2. The fraction of sp³-hybridized carbons (Fsp3) is 0.417. The summed E-state index contributed by atoms with van der Waals surface area (Å²) in [7, 11) is 0.